The maximum atomic E-state index is 10.3. The zero-order valence-corrected chi connectivity index (χ0v) is 11.8. The molecule has 0 aliphatic carbocycles. The molecule has 0 aromatic heterocycles. The number of allylic oxidation sites excluding steroid dienone is 1. The molecule has 1 N–H and O–H groups in total. The molecule has 1 unspecified atom stereocenters. The van der Waals surface area contributed by atoms with Crippen molar-refractivity contribution in [1.82, 2.24) is 0 Å². The Kier molecular flexibility index (Phi) is 6.14. The molecule has 100 valence electrons. The highest BCUT2D eigenvalue weighted by atomic mass is 16.3. The summed E-state index contributed by atoms with van der Waals surface area (Å²) < 4.78 is 0. The van der Waals surface area contributed by atoms with Gasteiger partial charge in [-0.2, -0.15) is 0 Å². The molecule has 0 fully saturated rings. The van der Waals surface area contributed by atoms with Gasteiger partial charge in [-0.05, 0) is 36.2 Å². The Bertz CT molecular complexity index is 344. The van der Waals surface area contributed by atoms with Crippen LogP contribution in [0.5, 0.6) is 0 Å². The van der Waals surface area contributed by atoms with Gasteiger partial charge in [0.1, 0.15) is 0 Å². The van der Waals surface area contributed by atoms with Gasteiger partial charge in [0.2, 0.25) is 0 Å². The minimum Gasteiger partial charge on any atom is -0.393 e. The molecule has 1 rings (SSSR count). The number of hydrogen-bond donors (Lipinski definition) is 1. The van der Waals surface area contributed by atoms with Crippen LogP contribution in [0.2, 0.25) is 0 Å². The number of aliphatic hydroxyl groups excluding tert-OH is 1. The third kappa shape index (κ3) is 4.30. The second-order valence-electron chi connectivity index (χ2n) is 5.40. The molecule has 0 heterocycles. The Balaban J connectivity index is 2.45. The van der Waals surface area contributed by atoms with E-state index < -0.39 is 0 Å². The summed E-state index contributed by atoms with van der Waals surface area (Å²) in [5, 5.41) is 10.3. The van der Waals surface area contributed by atoms with Crippen molar-refractivity contribution < 1.29 is 5.11 Å². The van der Waals surface area contributed by atoms with Crippen molar-refractivity contribution in [3.8, 4) is 0 Å². The number of rotatable bonds is 7. The lowest BCUT2D eigenvalue weighted by atomic mass is 9.80. The molecular weight excluding hydrogens is 220 g/mol. The quantitative estimate of drug-likeness (QED) is 0.719. The van der Waals surface area contributed by atoms with Crippen molar-refractivity contribution in [2.75, 3.05) is 0 Å². The van der Waals surface area contributed by atoms with E-state index in [0.717, 1.165) is 12.8 Å². The smallest absolute Gasteiger partial charge is 0.0571 e. The van der Waals surface area contributed by atoms with E-state index >= 15 is 0 Å². The van der Waals surface area contributed by atoms with Crippen molar-refractivity contribution in [3.05, 3.63) is 48.6 Å². The van der Waals surface area contributed by atoms with Crippen molar-refractivity contribution in [2.45, 2.75) is 39.7 Å². The Morgan fingerprint density at radius 3 is 2.28 bits per heavy atom. The highest BCUT2D eigenvalue weighted by molar-refractivity contribution is 5.14. The summed E-state index contributed by atoms with van der Waals surface area (Å²) in [6.45, 7) is 10.3. The maximum absolute atomic E-state index is 10.3. The summed E-state index contributed by atoms with van der Waals surface area (Å²) in [7, 11) is 0. The lowest BCUT2D eigenvalue weighted by Crippen LogP contribution is -2.27. The highest BCUT2D eigenvalue weighted by Crippen LogP contribution is 2.26. The zero-order chi connectivity index (χ0) is 13.5. The van der Waals surface area contributed by atoms with Gasteiger partial charge in [0.15, 0.2) is 0 Å². The summed E-state index contributed by atoms with van der Waals surface area (Å²) in [5.74, 6) is 1.22. The summed E-state index contributed by atoms with van der Waals surface area (Å²) in [6.07, 6.45) is 3.52. The van der Waals surface area contributed by atoms with Gasteiger partial charge >= 0.3 is 0 Å². The van der Waals surface area contributed by atoms with Crippen molar-refractivity contribution in [1.29, 1.82) is 0 Å². The molecule has 4 atom stereocenters. The monoisotopic (exact) mass is 246 g/mol. The fourth-order valence-electron chi connectivity index (χ4n) is 2.27. The lowest BCUT2D eigenvalue weighted by Gasteiger charge is -2.28. The number of aliphatic hydroxyl groups is 1. The molecule has 0 amide bonds. The normalized spacial score (nSPS) is 17.8. The van der Waals surface area contributed by atoms with Gasteiger partial charge in [-0.15, -0.1) is 6.58 Å². The summed E-state index contributed by atoms with van der Waals surface area (Å²) in [6, 6.07) is 10.4. The molecule has 18 heavy (non-hydrogen) atoms. The van der Waals surface area contributed by atoms with E-state index in [-0.39, 0.29) is 6.10 Å². The number of aryl methyl sites for hydroxylation is 1. The van der Waals surface area contributed by atoms with E-state index in [1.807, 2.05) is 24.3 Å². The Labute approximate surface area is 112 Å². The molecule has 0 aliphatic rings. The van der Waals surface area contributed by atoms with Crippen LogP contribution in [0.3, 0.4) is 0 Å². The molecule has 0 bridgehead atoms. The van der Waals surface area contributed by atoms with Crippen LogP contribution in [0.15, 0.2) is 43.0 Å². The maximum Gasteiger partial charge on any atom is 0.0571 e. The lowest BCUT2D eigenvalue weighted by molar-refractivity contribution is 0.0699. The molecule has 1 heteroatoms. The first-order valence-electron chi connectivity index (χ1n) is 6.90. The summed E-state index contributed by atoms with van der Waals surface area (Å²) in [4.78, 5) is 0. The van der Waals surface area contributed by atoms with Crippen molar-refractivity contribution >= 4 is 0 Å². The van der Waals surface area contributed by atoms with E-state index in [0.29, 0.717) is 17.8 Å². The average molecular weight is 246 g/mol. The van der Waals surface area contributed by atoms with Gasteiger partial charge < -0.3 is 5.11 Å². The van der Waals surface area contributed by atoms with Crippen LogP contribution in [-0.2, 0) is 6.42 Å². The Morgan fingerprint density at radius 2 is 1.72 bits per heavy atom. The van der Waals surface area contributed by atoms with E-state index in [1.54, 1.807) is 0 Å². The van der Waals surface area contributed by atoms with E-state index in [4.69, 9.17) is 0 Å². The number of hydrogen-bond acceptors (Lipinski definition) is 1. The second-order valence-corrected chi connectivity index (χ2v) is 5.40. The SMILES string of the molecule is C=C[C@H](C)C(C)[C@H](C)[C@@H](O)CCc1ccccc1. The fraction of sp³-hybridized carbons (Fsp3) is 0.529. The van der Waals surface area contributed by atoms with Crippen LogP contribution in [0.25, 0.3) is 0 Å². The third-order valence-corrected chi connectivity index (χ3v) is 4.21. The van der Waals surface area contributed by atoms with E-state index in [1.165, 1.54) is 5.56 Å². The first-order chi connectivity index (χ1) is 8.56. The third-order valence-electron chi connectivity index (χ3n) is 4.21. The standard InChI is InChI=1S/C17H26O/c1-5-13(2)14(3)15(4)17(18)12-11-16-9-7-6-8-10-16/h5-10,13-15,17-18H,1,11-12H2,2-4H3/t13-,14?,15-,17-/m0/s1. The highest BCUT2D eigenvalue weighted by Gasteiger charge is 2.23. The molecule has 1 nitrogen and oxygen atoms in total. The number of benzene rings is 1. The average Bonchev–Trinajstić information content (AvgIpc) is 2.43. The molecule has 0 saturated carbocycles. The topological polar surface area (TPSA) is 20.2 Å². The molecule has 1 aromatic carbocycles. The largest absolute Gasteiger partial charge is 0.393 e. The Morgan fingerprint density at radius 1 is 1.11 bits per heavy atom. The molecule has 0 aliphatic heterocycles. The molecule has 0 radical (unpaired) electrons. The molecular formula is C17H26O. The van der Waals surface area contributed by atoms with Crippen LogP contribution in [0.4, 0.5) is 0 Å². The van der Waals surface area contributed by atoms with Crippen molar-refractivity contribution in [2.24, 2.45) is 17.8 Å². The van der Waals surface area contributed by atoms with Crippen molar-refractivity contribution in [3.63, 3.8) is 0 Å². The summed E-state index contributed by atoms with van der Waals surface area (Å²) >= 11 is 0. The van der Waals surface area contributed by atoms with E-state index in [9.17, 15) is 5.11 Å². The zero-order valence-electron chi connectivity index (χ0n) is 11.8. The summed E-state index contributed by atoms with van der Waals surface area (Å²) in [5.41, 5.74) is 1.30. The predicted octanol–water partition coefficient (Wildman–Crippen LogP) is 4.07. The van der Waals surface area contributed by atoms with Crippen LogP contribution < -0.4 is 0 Å². The van der Waals surface area contributed by atoms with Crippen LogP contribution >= 0.6 is 0 Å². The molecule has 0 spiro atoms. The van der Waals surface area contributed by atoms with Gasteiger partial charge in [0.05, 0.1) is 6.10 Å². The van der Waals surface area contributed by atoms with Crippen LogP contribution in [0.1, 0.15) is 32.8 Å². The minimum absolute atomic E-state index is 0.234. The van der Waals surface area contributed by atoms with E-state index in [2.05, 4.69) is 39.5 Å². The second kappa shape index (κ2) is 7.38. The molecule has 0 saturated heterocycles. The fourth-order valence-corrected chi connectivity index (χ4v) is 2.27. The molecule has 1 aromatic rings. The van der Waals surface area contributed by atoms with Gasteiger partial charge in [0, 0.05) is 0 Å². The van der Waals surface area contributed by atoms with Gasteiger partial charge in [-0.3, -0.25) is 0 Å². The van der Waals surface area contributed by atoms with Crippen LogP contribution in [-0.4, -0.2) is 11.2 Å². The Hall–Kier alpha value is -1.08. The first-order valence-corrected chi connectivity index (χ1v) is 6.90. The first kappa shape index (κ1) is 15.0. The van der Waals surface area contributed by atoms with Gasteiger partial charge in [-0.25, -0.2) is 0 Å². The van der Waals surface area contributed by atoms with Gasteiger partial charge in [-0.1, -0.05) is 57.2 Å². The van der Waals surface area contributed by atoms with Crippen LogP contribution in [0, 0.1) is 17.8 Å². The minimum atomic E-state index is -0.234. The van der Waals surface area contributed by atoms with Gasteiger partial charge in [0.25, 0.3) is 0 Å². The predicted molar refractivity (Wildman–Crippen MR) is 78.5 cm³/mol.